The number of rotatable bonds is 6. The molecule has 0 aliphatic rings. The monoisotopic (exact) mass is 263 g/mol. The minimum atomic E-state index is -0.112. The van der Waals surface area contributed by atoms with Crippen molar-refractivity contribution in [2.24, 2.45) is 0 Å². The van der Waals surface area contributed by atoms with Gasteiger partial charge in [0.15, 0.2) is 0 Å². The molecule has 5 heteroatoms. The Hall–Kier alpha value is -1.46. The van der Waals surface area contributed by atoms with E-state index >= 15 is 0 Å². The predicted molar refractivity (Wildman–Crippen MR) is 74.8 cm³/mol. The van der Waals surface area contributed by atoms with Crippen LogP contribution < -0.4 is 10.9 Å². The molecular formula is C13H17N3OS. The van der Waals surface area contributed by atoms with Crippen LogP contribution in [-0.4, -0.2) is 16.7 Å². The van der Waals surface area contributed by atoms with Crippen molar-refractivity contribution in [2.75, 3.05) is 6.54 Å². The van der Waals surface area contributed by atoms with Crippen molar-refractivity contribution in [1.29, 1.82) is 0 Å². The number of hydrogen-bond donors (Lipinski definition) is 2. The maximum absolute atomic E-state index is 11.7. The average Bonchev–Trinajstić information content (AvgIpc) is 2.90. The molecule has 4 nitrogen and oxygen atoms in total. The van der Waals surface area contributed by atoms with E-state index < -0.39 is 0 Å². The normalized spacial score (nSPS) is 10.7. The predicted octanol–water partition coefficient (Wildman–Crippen LogP) is 2.39. The van der Waals surface area contributed by atoms with Crippen molar-refractivity contribution in [2.45, 2.75) is 26.3 Å². The molecule has 2 rings (SSSR count). The lowest BCUT2D eigenvalue weighted by Crippen LogP contribution is -2.22. The number of aromatic nitrogens is 2. The van der Waals surface area contributed by atoms with Crippen LogP contribution in [0.25, 0.3) is 10.6 Å². The zero-order valence-electron chi connectivity index (χ0n) is 10.4. The molecule has 0 unspecified atom stereocenters. The summed E-state index contributed by atoms with van der Waals surface area (Å²) >= 11 is 1.62. The van der Waals surface area contributed by atoms with Gasteiger partial charge in [-0.3, -0.25) is 4.79 Å². The maximum atomic E-state index is 11.7. The SMILES string of the molecule is CCCCNCc1cc(-c2cccs2)n[nH]c1=O. The topological polar surface area (TPSA) is 57.8 Å². The third-order valence-corrected chi connectivity index (χ3v) is 3.57. The van der Waals surface area contributed by atoms with Crippen LogP contribution in [0.3, 0.4) is 0 Å². The summed E-state index contributed by atoms with van der Waals surface area (Å²) in [6.45, 7) is 3.68. The first-order valence-electron chi connectivity index (χ1n) is 6.14. The first-order chi connectivity index (χ1) is 8.81. The highest BCUT2D eigenvalue weighted by molar-refractivity contribution is 7.13. The Kier molecular flexibility index (Phi) is 4.66. The molecule has 0 saturated carbocycles. The minimum absolute atomic E-state index is 0.112. The number of nitrogens with one attached hydrogen (secondary N) is 2. The number of unbranched alkanes of at least 4 members (excludes halogenated alkanes) is 1. The van der Waals surface area contributed by atoms with E-state index in [9.17, 15) is 4.79 Å². The molecule has 0 fully saturated rings. The van der Waals surface area contributed by atoms with Crippen LogP contribution in [0.5, 0.6) is 0 Å². The highest BCUT2D eigenvalue weighted by Crippen LogP contribution is 2.21. The molecule has 0 bridgehead atoms. The summed E-state index contributed by atoms with van der Waals surface area (Å²) in [4.78, 5) is 12.7. The van der Waals surface area contributed by atoms with E-state index in [-0.39, 0.29) is 5.56 Å². The van der Waals surface area contributed by atoms with Crippen LogP contribution in [0.4, 0.5) is 0 Å². The Morgan fingerprint density at radius 1 is 1.50 bits per heavy atom. The van der Waals surface area contributed by atoms with Gasteiger partial charge in [-0.05, 0) is 30.5 Å². The van der Waals surface area contributed by atoms with Crippen LogP contribution in [0.15, 0.2) is 28.4 Å². The second kappa shape index (κ2) is 6.47. The zero-order valence-corrected chi connectivity index (χ0v) is 11.2. The zero-order chi connectivity index (χ0) is 12.8. The number of H-pyrrole nitrogens is 1. The highest BCUT2D eigenvalue weighted by Gasteiger charge is 2.05. The Bertz CT molecular complexity index is 533. The first kappa shape index (κ1) is 13.0. The third kappa shape index (κ3) is 3.27. The number of aromatic amines is 1. The lowest BCUT2D eigenvalue weighted by Gasteiger charge is -2.04. The quantitative estimate of drug-likeness (QED) is 0.787. The van der Waals surface area contributed by atoms with Crippen molar-refractivity contribution >= 4 is 11.3 Å². The Labute approximate surface area is 110 Å². The van der Waals surface area contributed by atoms with Gasteiger partial charge in [0.05, 0.1) is 4.88 Å². The molecule has 2 N–H and O–H groups in total. The van der Waals surface area contributed by atoms with Crippen LogP contribution in [0, 0.1) is 0 Å². The molecule has 0 aliphatic heterocycles. The molecule has 0 aliphatic carbocycles. The lowest BCUT2D eigenvalue weighted by atomic mass is 10.2. The summed E-state index contributed by atoms with van der Waals surface area (Å²) in [7, 11) is 0. The number of nitrogens with zero attached hydrogens (tertiary/aromatic N) is 1. The van der Waals surface area contributed by atoms with Crippen LogP contribution in [0.1, 0.15) is 25.3 Å². The number of thiophene rings is 1. The fourth-order valence-corrected chi connectivity index (χ4v) is 2.34. The van der Waals surface area contributed by atoms with E-state index in [0.717, 1.165) is 35.5 Å². The van der Waals surface area contributed by atoms with Gasteiger partial charge < -0.3 is 5.32 Å². The molecule has 0 aromatic carbocycles. The van der Waals surface area contributed by atoms with E-state index in [4.69, 9.17) is 0 Å². The number of hydrogen-bond acceptors (Lipinski definition) is 4. The summed E-state index contributed by atoms with van der Waals surface area (Å²) in [6, 6.07) is 5.84. The lowest BCUT2D eigenvalue weighted by molar-refractivity contribution is 0.636. The van der Waals surface area contributed by atoms with E-state index in [1.165, 1.54) is 0 Å². The second-order valence-corrected chi connectivity index (χ2v) is 5.06. The van der Waals surface area contributed by atoms with Crippen molar-refractivity contribution in [3.05, 3.63) is 39.5 Å². The molecule has 2 aromatic rings. The molecular weight excluding hydrogens is 246 g/mol. The van der Waals surface area contributed by atoms with Gasteiger partial charge in [0, 0.05) is 12.1 Å². The van der Waals surface area contributed by atoms with Gasteiger partial charge in [-0.1, -0.05) is 19.4 Å². The standard InChI is InChI=1S/C13H17N3OS/c1-2-3-6-14-9-10-8-11(15-16-13(10)17)12-5-4-7-18-12/h4-5,7-8,14H,2-3,6,9H2,1H3,(H,16,17). The van der Waals surface area contributed by atoms with E-state index in [2.05, 4.69) is 22.4 Å². The van der Waals surface area contributed by atoms with Crippen LogP contribution in [0.2, 0.25) is 0 Å². The first-order valence-corrected chi connectivity index (χ1v) is 7.02. The molecule has 2 aromatic heterocycles. The molecule has 0 radical (unpaired) electrons. The molecule has 0 saturated heterocycles. The van der Waals surface area contributed by atoms with Gasteiger partial charge in [0.2, 0.25) is 0 Å². The molecule has 0 spiro atoms. The Morgan fingerprint density at radius 2 is 2.39 bits per heavy atom. The van der Waals surface area contributed by atoms with Crippen molar-refractivity contribution < 1.29 is 0 Å². The van der Waals surface area contributed by atoms with E-state index in [1.54, 1.807) is 11.3 Å². The molecule has 0 atom stereocenters. The summed E-state index contributed by atoms with van der Waals surface area (Å²) in [6.07, 6.45) is 2.28. The summed E-state index contributed by atoms with van der Waals surface area (Å²) in [5, 5.41) is 11.9. The fourth-order valence-electron chi connectivity index (χ4n) is 1.65. The molecule has 96 valence electrons. The summed E-state index contributed by atoms with van der Waals surface area (Å²) in [5.74, 6) is 0. The summed E-state index contributed by atoms with van der Waals surface area (Å²) in [5.41, 5.74) is 1.46. The molecule has 18 heavy (non-hydrogen) atoms. The minimum Gasteiger partial charge on any atom is -0.312 e. The molecule has 0 amide bonds. The van der Waals surface area contributed by atoms with Gasteiger partial charge in [-0.2, -0.15) is 5.10 Å². The van der Waals surface area contributed by atoms with Gasteiger partial charge >= 0.3 is 0 Å². The van der Waals surface area contributed by atoms with Crippen molar-refractivity contribution in [3.8, 4) is 10.6 Å². The highest BCUT2D eigenvalue weighted by atomic mass is 32.1. The van der Waals surface area contributed by atoms with E-state index in [0.29, 0.717) is 6.54 Å². The third-order valence-electron chi connectivity index (χ3n) is 2.68. The second-order valence-electron chi connectivity index (χ2n) is 4.12. The Morgan fingerprint density at radius 3 is 3.11 bits per heavy atom. The summed E-state index contributed by atoms with van der Waals surface area (Å²) < 4.78 is 0. The Balaban J connectivity index is 2.10. The van der Waals surface area contributed by atoms with Crippen molar-refractivity contribution in [3.63, 3.8) is 0 Å². The average molecular weight is 263 g/mol. The fraction of sp³-hybridized carbons (Fsp3) is 0.385. The van der Waals surface area contributed by atoms with Gasteiger partial charge in [0.1, 0.15) is 5.69 Å². The van der Waals surface area contributed by atoms with E-state index in [1.807, 2.05) is 23.6 Å². The largest absolute Gasteiger partial charge is 0.312 e. The van der Waals surface area contributed by atoms with Gasteiger partial charge in [0.25, 0.3) is 5.56 Å². The van der Waals surface area contributed by atoms with Crippen LogP contribution in [-0.2, 0) is 6.54 Å². The van der Waals surface area contributed by atoms with Crippen LogP contribution >= 0.6 is 11.3 Å². The maximum Gasteiger partial charge on any atom is 0.268 e. The smallest absolute Gasteiger partial charge is 0.268 e. The molecule has 2 heterocycles. The van der Waals surface area contributed by atoms with Crippen molar-refractivity contribution in [1.82, 2.24) is 15.5 Å². The van der Waals surface area contributed by atoms with Gasteiger partial charge in [-0.15, -0.1) is 11.3 Å². The van der Waals surface area contributed by atoms with Gasteiger partial charge in [-0.25, -0.2) is 5.10 Å².